The number of aryl methyl sites for hydroxylation is 1. The maximum absolute atomic E-state index is 13.3. The van der Waals surface area contributed by atoms with Gasteiger partial charge in [0.05, 0.1) is 24.1 Å². The summed E-state index contributed by atoms with van der Waals surface area (Å²) in [6.45, 7) is 3.22. The molecule has 0 saturated heterocycles. The molecule has 1 aliphatic rings. The van der Waals surface area contributed by atoms with Gasteiger partial charge in [-0.05, 0) is 61.4 Å². The van der Waals surface area contributed by atoms with E-state index in [4.69, 9.17) is 5.11 Å². The highest BCUT2D eigenvalue weighted by Crippen LogP contribution is 2.29. The monoisotopic (exact) mass is 557 g/mol. The lowest BCUT2D eigenvalue weighted by molar-refractivity contribution is -0.138. The number of amides is 5. The Morgan fingerprint density at radius 2 is 1.61 bits per heavy atom. The fourth-order valence-corrected chi connectivity index (χ4v) is 4.50. The summed E-state index contributed by atoms with van der Waals surface area (Å²) in [6, 6.07) is 17.9. The van der Waals surface area contributed by atoms with E-state index in [-0.39, 0.29) is 42.8 Å². The smallest absolute Gasteiger partial charge is 0.323 e. The third kappa shape index (κ3) is 7.07. The van der Waals surface area contributed by atoms with Crippen molar-refractivity contribution in [2.75, 3.05) is 34.4 Å². The Morgan fingerprint density at radius 3 is 2.29 bits per heavy atom. The zero-order chi connectivity index (χ0) is 29.7. The lowest BCUT2D eigenvalue weighted by Crippen LogP contribution is -2.43. The molecular weight excluding hydrogens is 526 g/mol. The first-order chi connectivity index (χ1) is 19.5. The van der Waals surface area contributed by atoms with Crippen LogP contribution in [-0.2, 0) is 20.8 Å². The van der Waals surface area contributed by atoms with E-state index >= 15 is 0 Å². The Morgan fingerprint density at radius 1 is 0.927 bits per heavy atom. The number of carbonyl (C=O) groups excluding carboxylic acids is 4. The molecule has 0 aliphatic carbocycles. The zero-order valence-electron chi connectivity index (χ0n) is 22.9. The summed E-state index contributed by atoms with van der Waals surface area (Å²) in [6.07, 6.45) is -0.263. The van der Waals surface area contributed by atoms with Gasteiger partial charge in [-0.25, -0.2) is 4.79 Å². The minimum atomic E-state index is -1.08. The highest BCUT2D eigenvalue weighted by atomic mass is 16.4. The number of nitrogens with zero attached hydrogens (tertiary/aromatic N) is 2. The number of para-hydroxylation sites is 1. The number of aliphatic carboxylic acids is 1. The van der Waals surface area contributed by atoms with Gasteiger partial charge in [-0.2, -0.15) is 0 Å². The lowest BCUT2D eigenvalue weighted by Gasteiger charge is -2.26. The lowest BCUT2D eigenvalue weighted by atomic mass is 10.1. The van der Waals surface area contributed by atoms with Gasteiger partial charge in [0.15, 0.2) is 0 Å². The summed E-state index contributed by atoms with van der Waals surface area (Å²) < 4.78 is 0. The van der Waals surface area contributed by atoms with Gasteiger partial charge in [-0.1, -0.05) is 30.3 Å². The first-order valence-electron chi connectivity index (χ1n) is 13.0. The molecule has 41 heavy (non-hydrogen) atoms. The molecule has 1 heterocycles. The molecule has 4 N–H and O–H groups in total. The summed E-state index contributed by atoms with van der Waals surface area (Å²) in [5.41, 5.74) is 3.83. The van der Waals surface area contributed by atoms with Crippen molar-refractivity contribution in [3.8, 4) is 0 Å². The van der Waals surface area contributed by atoms with Crippen LogP contribution < -0.4 is 20.9 Å². The Labute approximate surface area is 237 Å². The first-order valence-corrected chi connectivity index (χ1v) is 13.0. The second kappa shape index (κ2) is 12.3. The molecule has 3 aromatic carbocycles. The summed E-state index contributed by atoms with van der Waals surface area (Å²) in [4.78, 5) is 64.9. The Kier molecular flexibility index (Phi) is 8.66. The summed E-state index contributed by atoms with van der Waals surface area (Å²) in [7, 11) is 1.54. The van der Waals surface area contributed by atoms with Crippen LogP contribution in [0.2, 0.25) is 0 Å². The third-order valence-electron chi connectivity index (χ3n) is 6.78. The number of carboxylic acids is 1. The molecule has 1 unspecified atom stereocenters. The fourth-order valence-electron chi connectivity index (χ4n) is 4.50. The summed E-state index contributed by atoms with van der Waals surface area (Å²) in [5, 5.41) is 17.5. The van der Waals surface area contributed by atoms with Crippen molar-refractivity contribution >= 4 is 52.5 Å². The van der Waals surface area contributed by atoms with Gasteiger partial charge >= 0.3 is 12.0 Å². The van der Waals surface area contributed by atoms with Gasteiger partial charge in [-0.3, -0.25) is 19.2 Å². The van der Waals surface area contributed by atoms with E-state index in [1.165, 1.54) is 15.9 Å². The maximum atomic E-state index is 13.3. The quantitative estimate of drug-likeness (QED) is 0.328. The third-order valence-corrected chi connectivity index (χ3v) is 6.78. The number of likely N-dealkylation sites (N-methyl/N-ethyl adjacent to an activating group) is 1. The summed E-state index contributed by atoms with van der Waals surface area (Å²) >= 11 is 0. The second-order valence-electron chi connectivity index (χ2n) is 9.88. The van der Waals surface area contributed by atoms with Gasteiger partial charge in [0, 0.05) is 30.2 Å². The van der Waals surface area contributed by atoms with Crippen LogP contribution in [0, 0.1) is 6.92 Å². The van der Waals surface area contributed by atoms with Crippen LogP contribution in [0.15, 0.2) is 66.7 Å². The van der Waals surface area contributed by atoms with E-state index in [2.05, 4.69) is 16.0 Å². The molecule has 0 spiro atoms. The normalized spacial score (nSPS) is 13.6. The van der Waals surface area contributed by atoms with Crippen molar-refractivity contribution in [3.05, 3.63) is 83.4 Å². The van der Waals surface area contributed by atoms with Crippen molar-refractivity contribution in [1.29, 1.82) is 0 Å². The fraction of sp³-hybridized carbons (Fsp3) is 0.233. The Bertz CT molecular complexity index is 1500. The van der Waals surface area contributed by atoms with Gasteiger partial charge in [0.25, 0.3) is 5.91 Å². The van der Waals surface area contributed by atoms with Crippen LogP contribution in [-0.4, -0.2) is 59.4 Å². The average Bonchev–Trinajstić information content (AvgIpc) is 3.01. The topological polar surface area (TPSA) is 148 Å². The molecule has 212 valence electrons. The van der Waals surface area contributed by atoms with Crippen molar-refractivity contribution in [2.24, 2.45) is 0 Å². The largest absolute Gasteiger partial charge is 0.481 e. The van der Waals surface area contributed by atoms with E-state index in [1.54, 1.807) is 50.4 Å². The van der Waals surface area contributed by atoms with Crippen LogP contribution in [0.4, 0.5) is 27.5 Å². The van der Waals surface area contributed by atoms with Gasteiger partial charge < -0.3 is 30.9 Å². The second-order valence-corrected chi connectivity index (χ2v) is 9.88. The van der Waals surface area contributed by atoms with Crippen LogP contribution in [0.1, 0.15) is 34.8 Å². The molecule has 5 amide bonds. The SMILES string of the molecule is Cc1ccccc1NC(=O)Nc1ccc(CC(=O)Nc2ccc3c(c2)C(=O)N(C(C)CC(=O)O)CC(=O)N3C)cc1. The predicted octanol–water partition coefficient (Wildman–Crippen LogP) is 4.10. The molecule has 1 atom stereocenters. The van der Waals surface area contributed by atoms with Crippen molar-refractivity contribution in [3.63, 3.8) is 0 Å². The molecule has 11 heteroatoms. The van der Waals surface area contributed by atoms with Crippen LogP contribution in [0.25, 0.3) is 0 Å². The van der Waals surface area contributed by atoms with Gasteiger partial charge in [0.2, 0.25) is 11.8 Å². The Balaban J connectivity index is 1.40. The van der Waals surface area contributed by atoms with Crippen LogP contribution in [0.5, 0.6) is 0 Å². The minimum Gasteiger partial charge on any atom is -0.481 e. The number of carbonyl (C=O) groups is 5. The molecule has 4 rings (SSSR count). The predicted molar refractivity (Wildman–Crippen MR) is 155 cm³/mol. The zero-order valence-corrected chi connectivity index (χ0v) is 22.9. The number of hydrogen-bond donors (Lipinski definition) is 4. The number of nitrogens with one attached hydrogen (secondary N) is 3. The highest BCUT2D eigenvalue weighted by molar-refractivity contribution is 6.10. The number of hydrogen-bond acceptors (Lipinski definition) is 5. The van der Waals surface area contributed by atoms with Crippen molar-refractivity contribution < 1.29 is 29.1 Å². The number of urea groups is 1. The molecule has 0 fully saturated rings. The number of carboxylic acid groups (broad SMARTS) is 1. The van der Waals surface area contributed by atoms with Gasteiger partial charge in [0.1, 0.15) is 6.54 Å². The molecule has 0 saturated carbocycles. The molecular formula is C30H31N5O6. The van der Waals surface area contributed by atoms with E-state index < -0.39 is 17.9 Å². The first kappa shape index (κ1) is 28.8. The number of benzene rings is 3. The Hall–Kier alpha value is -5.19. The van der Waals surface area contributed by atoms with Crippen molar-refractivity contribution in [2.45, 2.75) is 32.7 Å². The van der Waals surface area contributed by atoms with E-state index in [9.17, 15) is 24.0 Å². The molecule has 11 nitrogen and oxygen atoms in total. The highest BCUT2D eigenvalue weighted by Gasteiger charge is 2.33. The van der Waals surface area contributed by atoms with E-state index in [0.29, 0.717) is 28.3 Å². The number of fused-ring (bicyclic) bond motifs is 1. The minimum absolute atomic E-state index is 0.0425. The van der Waals surface area contributed by atoms with Crippen LogP contribution >= 0.6 is 0 Å². The number of anilines is 4. The van der Waals surface area contributed by atoms with Crippen LogP contribution in [0.3, 0.4) is 0 Å². The summed E-state index contributed by atoms with van der Waals surface area (Å²) in [5.74, 6) is -2.25. The van der Waals surface area contributed by atoms with Gasteiger partial charge in [-0.15, -0.1) is 0 Å². The average molecular weight is 558 g/mol. The molecule has 1 aliphatic heterocycles. The standard InChI is InChI=1S/C30H31N5O6/c1-18-6-4-5-7-24(18)33-30(41)32-21-10-8-20(9-11-21)15-26(36)31-22-12-13-25-23(16-22)29(40)35(17-27(37)34(25)3)19(2)14-28(38)39/h4-13,16,19H,14-15,17H2,1-3H3,(H,31,36)(H,38,39)(H2,32,33,41). The molecule has 0 radical (unpaired) electrons. The molecule has 0 bridgehead atoms. The molecule has 3 aromatic rings. The molecule has 0 aromatic heterocycles. The van der Waals surface area contributed by atoms with E-state index in [0.717, 1.165) is 5.56 Å². The maximum Gasteiger partial charge on any atom is 0.323 e. The number of rotatable bonds is 8. The van der Waals surface area contributed by atoms with E-state index in [1.807, 2.05) is 31.2 Å². The van der Waals surface area contributed by atoms with Crippen molar-refractivity contribution in [1.82, 2.24) is 4.90 Å².